The Bertz CT molecular complexity index is 780. The zero-order chi connectivity index (χ0) is 17.6. The van der Waals surface area contributed by atoms with Crippen molar-refractivity contribution in [3.8, 4) is 11.8 Å². The number of piperidine rings is 1. The molecule has 1 aromatic carbocycles. The third kappa shape index (κ3) is 5.64. The molecule has 0 saturated carbocycles. The Morgan fingerprint density at radius 3 is 2.58 bits per heavy atom. The van der Waals surface area contributed by atoms with Crippen LogP contribution in [0.5, 0.6) is 0 Å². The highest BCUT2D eigenvalue weighted by Crippen LogP contribution is 2.12. The molecule has 0 unspecified atom stereocenters. The van der Waals surface area contributed by atoms with Gasteiger partial charge in [0.2, 0.25) is 21.8 Å². The Labute approximate surface area is 146 Å². The average Bonchev–Trinajstić information content (AvgIpc) is 2.51. The number of rotatable bonds is 5. The fourth-order valence-electron chi connectivity index (χ4n) is 2.19. The minimum absolute atomic E-state index is 0.0588. The van der Waals surface area contributed by atoms with E-state index in [0.29, 0.717) is 17.0 Å². The fraction of sp³-hybridized carbons (Fsp3) is 0.375. The number of sulfonamides is 1. The number of likely N-dealkylation sites (tertiary alicyclic amines) is 1. The van der Waals surface area contributed by atoms with E-state index in [0.717, 1.165) is 4.90 Å². The molecular weight excluding hydrogens is 352 g/mol. The highest BCUT2D eigenvalue weighted by Gasteiger charge is 2.26. The molecule has 0 bridgehead atoms. The summed E-state index contributed by atoms with van der Waals surface area (Å²) in [6.07, 6.45) is 1.09. The van der Waals surface area contributed by atoms with E-state index in [-0.39, 0.29) is 43.5 Å². The standard InChI is InChI=1S/C16H17ClN2O4S/c17-14-6-1-4-13(12-14)5-3-9-18-24(22,23)11-10-19-15(20)7-2-8-16(19)21/h1,4,6,12,18H,2,7-11H2. The number of carbonyl (C=O) groups is 2. The largest absolute Gasteiger partial charge is 0.282 e. The molecule has 0 atom stereocenters. The van der Waals surface area contributed by atoms with Crippen molar-refractivity contribution in [1.29, 1.82) is 0 Å². The van der Waals surface area contributed by atoms with Gasteiger partial charge in [0.1, 0.15) is 0 Å². The maximum Gasteiger partial charge on any atom is 0.229 e. The van der Waals surface area contributed by atoms with Crippen LogP contribution in [-0.4, -0.2) is 44.0 Å². The quantitative estimate of drug-likeness (QED) is 0.624. The number of amides is 2. The number of nitrogens with one attached hydrogen (secondary N) is 1. The highest BCUT2D eigenvalue weighted by molar-refractivity contribution is 7.89. The lowest BCUT2D eigenvalue weighted by Crippen LogP contribution is -2.44. The van der Waals surface area contributed by atoms with Gasteiger partial charge in [-0.1, -0.05) is 29.5 Å². The summed E-state index contributed by atoms with van der Waals surface area (Å²) < 4.78 is 26.1. The Morgan fingerprint density at radius 2 is 1.92 bits per heavy atom. The minimum Gasteiger partial charge on any atom is -0.282 e. The van der Waals surface area contributed by atoms with Crippen LogP contribution >= 0.6 is 11.6 Å². The summed E-state index contributed by atoms with van der Waals surface area (Å²) in [6.45, 7) is -0.189. The van der Waals surface area contributed by atoms with Crippen LogP contribution in [0.25, 0.3) is 0 Å². The van der Waals surface area contributed by atoms with Crippen LogP contribution in [0.15, 0.2) is 24.3 Å². The zero-order valence-corrected chi connectivity index (χ0v) is 14.5. The summed E-state index contributed by atoms with van der Waals surface area (Å²) in [6, 6.07) is 6.92. The van der Waals surface area contributed by atoms with E-state index in [2.05, 4.69) is 16.6 Å². The smallest absolute Gasteiger partial charge is 0.229 e. The van der Waals surface area contributed by atoms with Crippen molar-refractivity contribution in [1.82, 2.24) is 9.62 Å². The van der Waals surface area contributed by atoms with Crippen LogP contribution in [0.1, 0.15) is 24.8 Å². The lowest BCUT2D eigenvalue weighted by molar-refractivity contribution is -0.147. The van der Waals surface area contributed by atoms with Gasteiger partial charge in [-0.05, 0) is 24.6 Å². The highest BCUT2D eigenvalue weighted by atomic mass is 35.5. The van der Waals surface area contributed by atoms with Gasteiger partial charge >= 0.3 is 0 Å². The van der Waals surface area contributed by atoms with Gasteiger partial charge in [-0.15, -0.1) is 0 Å². The summed E-state index contributed by atoms with van der Waals surface area (Å²) in [5.41, 5.74) is 0.686. The first-order chi connectivity index (χ1) is 11.4. The minimum atomic E-state index is -3.62. The second-order valence-corrected chi connectivity index (χ2v) is 7.61. The molecule has 6 nitrogen and oxygen atoms in total. The molecule has 0 radical (unpaired) electrons. The first-order valence-corrected chi connectivity index (χ1v) is 9.45. The van der Waals surface area contributed by atoms with Gasteiger partial charge in [0.15, 0.2) is 0 Å². The zero-order valence-electron chi connectivity index (χ0n) is 12.9. The Balaban J connectivity index is 1.83. The van der Waals surface area contributed by atoms with Crippen molar-refractivity contribution in [3.63, 3.8) is 0 Å². The van der Waals surface area contributed by atoms with E-state index in [1.807, 2.05) is 0 Å². The fourth-order valence-corrected chi connectivity index (χ4v) is 3.24. The number of nitrogens with zero attached hydrogens (tertiary/aromatic N) is 1. The molecule has 8 heteroatoms. The number of benzene rings is 1. The second-order valence-electron chi connectivity index (χ2n) is 5.24. The Hall–Kier alpha value is -1.88. The molecule has 1 aromatic rings. The average molecular weight is 369 g/mol. The molecule has 1 fully saturated rings. The molecule has 1 aliphatic rings. The van der Waals surface area contributed by atoms with E-state index >= 15 is 0 Å². The third-order valence-electron chi connectivity index (χ3n) is 3.40. The second kappa shape index (κ2) is 8.29. The van der Waals surface area contributed by atoms with Gasteiger partial charge in [-0.2, -0.15) is 0 Å². The molecule has 0 spiro atoms. The molecule has 1 aliphatic heterocycles. The van der Waals surface area contributed by atoms with Crippen LogP contribution < -0.4 is 4.72 Å². The Kier molecular flexibility index (Phi) is 6.37. The van der Waals surface area contributed by atoms with Gasteiger partial charge in [0.05, 0.1) is 12.3 Å². The lowest BCUT2D eigenvalue weighted by atomic mass is 10.1. The van der Waals surface area contributed by atoms with Crippen molar-refractivity contribution < 1.29 is 18.0 Å². The van der Waals surface area contributed by atoms with Gasteiger partial charge in [0, 0.05) is 30.0 Å². The van der Waals surface area contributed by atoms with E-state index in [4.69, 9.17) is 11.6 Å². The number of hydrogen-bond donors (Lipinski definition) is 1. The van der Waals surface area contributed by atoms with Crippen LogP contribution in [0, 0.1) is 11.8 Å². The molecule has 1 saturated heterocycles. The SMILES string of the molecule is O=C1CCCC(=O)N1CCS(=O)(=O)NCC#Cc1cccc(Cl)c1. The van der Waals surface area contributed by atoms with Crippen molar-refractivity contribution in [2.45, 2.75) is 19.3 Å². The maximum atomic E-state index is 11.9. The van der Waals surface area contributed by atoms with Gasteiger partial charge in [-0.25, -0.2) is 13.1 Å². The summed E-state index contributed by atoms with van der Waals surface area (Å²) in [5.74, 6) is 4.53. The molecule has 1 heterocycles. The topological polar surface area (TPSA) is 83.6 Å². The summed E-state index contributed by atoms with van der Waals surface area (Å²) >= 11 is 5.83. The molecule has 2 amide bonds. The molecule has 24 heavy (non-hydrogen) atoms. The Morgan fingerprint density at radius 1 is 1.21 bits per heavy atom. The molecule has 1 N–H and O–H groups in total. The van der Waals surface area contributed by atoms with Crippen LogP contribution in [-0.2, 0) is 19.6 Å². The number of halogens is 1. The third-order valence-corrected chi connectivity index (χ3v) is 4.94. The maximum absolute atomic E-state index is 11.9. The number of imide groups is 1. The molecule has 0 aliphatic carbocycles. The van der Waals surface area contributed by atoms with E-state index in [1.165, 1.54) is 0 Å². The molecule has 2 rings (SSSR count). The van der Waals surface area contributed by atoms with Gasteiger partial charge < -0.3 is 0 Å². The van der Waals surface area contributed by atoms with E-state index in [9.17, 15) is 18.0 Å². The van der Waals surface area contributed by atoms with Crippen LogP contribution in [0.4, 0.5) is 0 Å². The summed E-state index contributed by atoms with van der Waals surface area (Å²) in [7, 11) is -3.62. The number of hydrogen-bond acceptors (Lipinski definition) is 4. The summed E-state index contributed by atoms with van der Waals surface area (Å²) in [4.78, 5) is 24.3. The van der Waals surface area contributed by atoms with Crippen molar-refractivity contribution >= 4 is 33.4 Å². The van der Waals surface area contributed by atoms with Crippen LogP contribution in [0.2, 0.25) is 5.02 Å². The predicted octanol–water partition coefficient (Wildman–Crippen LogP) is 1.15. The van der Waals surface area contributed by atoms with Crippen LogP contribution in [0.3, 0.4) is 0 Å². The first kappa shape index (κ1) is 18.5. The van der Waals surface area contributed by atoms with Gasteiger partial charge in [0.25, 0.3) is 0 Å². The van der Waals surface area contributed by atoms with Crippen molar-refractivity contribution in [2.75, 3.05) is 18.8 Å². The predicted molar refractivity (Wildman–Crippen MR) is 90.7 cm³/mol. The molecular formula is C16H17ClN2O4S. The van der Waals surface area contributed by atoms with Crippen molar-refractivity contribution in [3.05, 3.63) is 34.9 Å². The normalized spacial score (nSPS) is 15.1. The molecule has 128 valence electrons. The lowest BCUT2D eigenvalue weighted by Gasteiger charge is -2.24. The van der Waals surface area contributed by atoms with E-state index < -0.39 is 10.0 Å². The van der Waals surface area contributed by atoms with Gasteiger partial charge in [-0.3, -0.25) is 14.5 Å². The van der Waals surface area contributed by atoms with E-state index in [1.54, 1.807) is 24.3 Å². The number of carbonyl (C=O) groups excluding carboxylic acids is 2. The van der Waals surface area contributed by atoms with Crippen molar-refractivity contribution in [2.24, 2.45) is 0 Å². The first-order valence-electron chi connectivity index (χ1n) is 7.42. The monoisotopic (exact) mass is 368 g/mol. The summed E-state index contributed by atoms with van der Waals surface area (Å²) in [5, 5.41) is 0.554. The molecule has 0 aromatic heterocycles.